The molecule has 1 fully saturated rings. The van der Waals surface area contributed by atoms with Crippen molar-refractivity contribution >= 4 is 0 Å². The molecule has 1 aromatic heterocycles. The normalized spacial score (nSPS) is 24.4. The molecule has 0 spiro atoms. The molecule has 1 aromatic rings. The molecule has 4 heteroatoms. The van der Waals surface area contributed by atoms with Crippen LogP contribution in [0.2, 0.25) is 0 Å². The van der Waals surface area contributed by atoms with Gasteiger partial charge in [-0.25, -0.2) is 0 Å². The van der Waals surface area contributed by atoms with E-state index in [0.29, 0.717) is 18.0 Å². The van der Waals surface area contributed by atoms with Crippen LogP contribution in [-0.4, -0.2) is 27.5 Å². The Balaban J connectivity index is 1.67. The number of hydrogen-bond acceptors (Lipinski definition) is 3. The van der Waals surface area contributed by atoms with Crippen LogP contribution in [0, 0.1) is 5.92 Å². The summed E-state index contributed by atoms with van der Waals surface area (Å²) in [7, 11) is 0. The molecule has 120 valence electrons. The molecule has 21 heavy (non-hydrogen) atoms. The van der Waals surface area contributed by atoms with Gasteiger partial charge in [-0.3, -0.25) is 4.68 Å². The number of aromatic nitrogens is 2. The summed E-state index contributed by atoms with van der Waals surface area (Å²) < 4.78 is 2.01. The number of nitrogens with one attached hydrogen (secondary N) is 1. The van der Waals surface area contributed by atoms with E-state index in [-0.39, 0.29) is 6.10 Å². The molecular formula is C17H31N3O. The lowest BCUT2D eigenvalue weighted by Gasteiger charge is -2.27. The van der Waals surface area contributed by atoms with Crippen LogP contribution in [0.4, 0.5) is 0 Å². The van der Waals surface area contributed by atoms with Gasteiger partial charge in [0.1, 0.15) is 0 Å². The average Bonchev–Trinajstić information content (AvgIpc) is 2.95. The maximum atomic E-state index is 9.98. The molecule has 0 aromatic carbocycles. The first kappa shape index (κ1) is 16.5. The minimum absolute atomic E-state index is 0.0551. The molecule has 0 saturated heterocycles. The summed E-state index contributed by atoms with van der Waals surface area (Å²) in [6, 6.07) is 0.757. The zero-order chi connectivity index (χ0) is 15.2. The highest BCUT2D eigenvalue weighted by molar-refractivity contribution is 5.09. The Morgan fingerprint density at radius 3 is 2.76 bits per heavy atom. The molecule has 1 aliphatic rings. The molecule has 0 aliphatic heterocycles. The van der Waals surface area contributed by atoms with Crippen LogP contribution in [0.5, 0.6) is 0 Å². The van der Waals surface area contributed by atoms with Gasteiger partial charge in [-0.1, -0.05) is 12.8 Å². The molecule has 4 nitrogen and oxygen atoms in total. The summed E-state index contributed by atoms with van der Waals surface area (Å²) in [5.74, 6) is 0.527. The van der Waals surface area contributed by atoms with Crippen molar-refractivity contribution in [3.63, 3.8) is 0 Å². The van der Waals surface area contributed by atoms with Crippen molar-refractivity contribution in [2.24, 2.45) is 5.92 Å². The quantitative estimate of drug-likeness (QED) is 0.757. The van der Waals surface area contributed by atoms with E-state index in [1.54, 1.807) is 0 Å². The zero-order valence-corrected chi connectivity index (χ0v) is 13.8. The van der Waals surface area contributed by atoms with Crippen LogP contribution in [0.3, 0.4) is 0 Å². The van der Waals surface area contributed by atoms with E-state index >= 15 is 0 Å². The summed E-state index contributed by atoms with van der Waals surface area (Å²) in [5.41, 5.74) is 1.25. The van der Waals surface area contributed by atoms with Gasteiger partial charge in [-0.05, 0) is 58.9 Å². The maximum Gasteiger partial charge on any atom is 0.0568 e. The smallest absolute Gasteiger partial charge is 0.0568 e. The molecule has 0 bridgehead atoms. The van der Waals surface area contributed by atoms with E-state index in [4.69, 9.17) is 0 Å². The van der Waals surface area contributed by atoms with Crippen LogP contribution in [0.1, 0.15) is 76.9 Å². The van der Waals surface area contributed by atoms with Crippen LogP contribution >= 0.6 is 0 Å². The predicted molar refractivity (Wildman–Crippen MR) is 86.2 cm³/mol. The van der Waals surface area contributed by atoms with Crippen LogP contribution in [-0.2, 0) is 0 Å². The first-order valence-electron chi connectivity index (χ1n) is 8.53. The number of hydrogen-bond donors (Lipinski definition) is 2. The van der Waals surface area contributed by atoms with Crippen LogP contribution in [0.15, 0.2) is 12.4 Å². The Morgan fingerprint density at radius 2 is 2.10 bits per heavy atom. The van der Waals surface area contributed by atoms with E-state index in [9.17, 15) is 5.11 Å². The van der Waals surface area contributed by atoms with Crippen molar-refractivity contribution in [1.29, 1.82) is 0 Å². The van der Waals surface area contributed by atoms with E-state index < -0.39 is 0 Å². The molecule has 1 heterocycles. The van der Waals surface area contributed by atoms with Crippen molar-refractivity contribution in [3.8, 4) is 0 Å². The highest BCUT2D eigenvalue weighted by Crippen LogP contribution is 2.27. The maximum absolute atomic E-state index is 9.98. The second-order valence-corrected chi connectivity index (χ2v) is 6.78. The largest absolute Gasteiger partial charge is 0.393 e. The Hall–Kier alpha value is -0.870. The molecule has 3 unspecified atom stereocenters. The van der Waals surface area contributed by atoms with Crippen molar-refractivity contribution in [3.05, 3.63) is 18.0 Å². The molecule has 0 amide bonds. The number of nitrogens with zero attached hydrogens (tertiary/aromatic N) is 2. The highest BCUT2D eigenvalue weighted by atomic mass is 16.3. The van der Waals surface area contributed by atoms with Gasteiger partial charge in [0.25, 0.3) is 0 Å². The van der Waals surface area contributed by atoms with Gasteiger partial charge in [0.05, 0.1) is 12.3 Å². The SMILES string of the molecule is CC(NCCCC1CCCCC1O)c1cnn(C(C)C)c1. The fraction of sp³-hybridized carbons (Fsp3) is 0.824. The summed E-state index contributed by atoms with van der Waals surface area (Å²) in [6.45, 7) is 7.49. The topological polar surface area (TPSA) is 50.1 Å². The van der Waals surface area contributed by atoms with Crippen molar-refractivity contribution in [1.82, 2.24) is 15.1 Å². The van der Waals surface area contributed by atoms with Crippen molar-refractivity contribution in [2.45, 2.75) is 77.5 Å². The van der Waals surface area contributed by atoms with Gasteiger partial charge < -0.3 is 10.4 Å². The third-order valence-electron chi connectivity index (χ3n) is 4.72. The third-order valence-corrected chi connectivity index (χ3v) is 4.72. The minimum atomic E-state index is -0.0551. The van der Waals surface area contributed by atoms with E-state index in [0.717, 1.165) is 25.8 Å². The average molecular weight is 293 g/mol. The standard InChI is InChI=1S/C17H31N3O/c1-13(2)20-12-16(11-19-20)14(3)18-10-6-8-15-7-4-5-9-17(15)21/h11-15,17-18,21H,4-10H2,1-3H3. The Bertz CT molecular complexity index is 416. The zero-order valence-electron chi connectivity index (χ0n) is 13.8. The summed E-state index contributed by atoms with van der Waals surface area (Å²) in [6.07, 6.45) is 11.0. The van der Waals surface area contributed by atoms with Gasteiger partial charge in [0, 0.05) is 23.8 Å². The van der Waals surface area contributed by atoms with Gasteiger partial charge >= 0.3 is 0 Å². The molecule has 2 N–H and O–H groups in total. The monoisotopic (exact) mass is 293 g/mol. The third kappa shape index (κ3) is 4.82. The molecule has 3 atom stereocenters. The van der Waals surface area contributed by atoms with Crippen LogP contribution < -0.4 is 5.32 Å². The number of rotatable bonds is 7. The van der Waals surface area contributed by atoms with Gasteiger partial charge in [-0.15, -0.1) is 0 Å². The summed E-state index contributed by atoms with van der Waals surface area (Å²) in [5, 5.41) is 17.9. The highest BCUT2D eigenvalue weighted by Gasteiger charge is 2.22. The Kier molecular flexibility index (Phi) is 6.24. The first-order valence-corrected chi connectivity index (χ1v) is 8.53. The lowest BCUT2D eigenvalue weighted by molar-refractivity contribution is 0.0642. The van der Waals surface area contributed by atoms with E-state index in [1.807, 2.05) is 10.9 Å². The molecule has 2 rings (SSSR count). The van der Waals surface area contributed by atoms with Gasteiger partial charge in [0.15, 0.2) is 0 Å². The number of aliphatic hydroxyl groups excluding tert-OH is 1. The minimum Gasteiger partial charge on any atom is -0.393 e. The fourth-order valence-corrected chi connectivity index (χ4v) is 3.18. The fourth-order valence-electron chi connectivity index (χ4n) is 3.18. The van der Waals surface area contributed by atoms with Crippen molar-refractivity contribution < 1.29 is 5.11 Å². The lowest BCUT2D eigenvalue weighted by Crippen LogP contribution is -2.26. The van der Waals surface area contributed by atoms with Gasteiger partial charge in [0.2, 0.25) is 0 Å². The van der Waals surface area contributed by atoms with Crippen LogP contribution in [0.25, 0.3) is 0 Å². The van der Waals surface area contributed by atoms with Gasteiger partial charge in [-0.2, -0.15) is 5.10 Å². The molecule has 1 aliphatic carbocycles. The molecular weight excluding hydrogens is 262 g/mol. The second kappa shape index (κ2) is 7.95. The van der Waals surface area contributed by atoms with E-state index in [1.165, 1.54) is 24.8 Å². The molecule has 1 saturated carbocycles. The lowest BCUT2D eigenvalue weighted by atomic mass is 9.83. The Morgan fingerprint density at radius 1 is 1.33 bits per heavy atom. The first-order chi connectivity index (χ1) is 10.1. The molecule has 0 radical (unpaired) electrons. The Labute approximate surface area is 128 Å². The van der Waals surface area contributed by atoms with E-state index in [2.05, 4.69) is 37.4 Å². The second-order valence-electron chi connectivity index (χ2n) is 6.78. The van der Waals surface area contributed by atoms with Crippen molar-refractivity contribution in [2.75, 3.05) is 6.54 Å². The summed E-state index contributed by atoms with van der Waals surface area (Å²) >= 11 is 0. The number of aliphatic hydroxyl groups is 1. The predicted octanol–water partition coefficient (Wildman–Crippen LogP) is 3.45. The summed E-state index contributed by atoms with van der Waals surface area (Å²) in [4.78, 5) is 0.